The van der Waals surface area contributed by atoms with E-state index in [1.54, 1.807) is 11.8 Å². The van der Waals surface area contributed by atoms with Gasteiger partial charge in [0.15, 0.2) is 0 Å². The average molecular weight is 287 g/mol. The highest BCUT2D eigenvalue weighted by Crippen LogP contribution is 2.44. The smallest absolute Gasteiger partial charge is 0.311 e. The fraction of sp³-hybridized carbons (Fsp3) is 0.529. The molecule has 1 aromatic rings. The van der Waals surface area contributed by atoms with Crippen LogP contribution in [0, 0.1) is 11.3 Å². The highest BCUT2D eigenvalue weighted by molar-refractivity contribution is 5.86. The molecule has 1 heterocycles. The number of carboxylic acids is 1. The molecule has 2 aliphatic rings. The number of nitrogens with zero attached hydrogens (tertiary/aromatic N) is 1. The SMILES string of the molecule is CC1(C(=O)O)CCN(C(=O)C(c2ccccc2)C2CC2)C1. The fourth-order valence-electron chi connectivity index (χ4n) is 3.23. The first-order valence-corrected chi connectivity index (χ1v) is 7.58. The summed E-state index contributed by atoms with van der Waals surface area (Å²) in [5, 5.41) is 9.31. The predicted molar refractivity (Wildman–Crippen MR) is 78.8 cm³/mol. The summed E-state index contributed by atoms with van der Waals surface area (Å²) in [4.78, 5) is 26.0. The zero-order chi connectivity index (χ0) is 15.0. The predicted octanol–water partition coefficient (Wildman–Crippen LogP) is 2.50. The number of hydrogen-bond acceptors (Lipinski definition) is 2. The molecule has 1 aliphatic heterocycles. The van der Waals surface area contributed by atoms with Gasteiger partial charge in [0.2, 0.25) is 5.91 Å². The maximum absolute atomic E-state index is 12.9. The minimum Gasteiger partial charge on any atom is -0.481 e. The van der Waals surface area contributed by atoms with Crippen molar-refractivity contribution in [1.82, 2.24) is 4.90 Å². The quantitative estimate of drug-likeness (QED) is 0.925. The maximum atomic E-state index is 12.9. The molecule has 1 N–H and O–H groups in total. The lowest BCUT2D eigenvalue weighted by molar-refractivity contribution is -0.147. The number of carboxylic acid groups (broad SMARTS) is 1. The highest BCUT2D eigenvalue weighted by Gasteiger charge is 2.46. The van der Waals surface area contributed by atoms with E-state index in [2.05, 4.69) is 0 Å². The van der Waals surface area contributed by atoms with Crippen molar-refractivity contribution in [3.63, 3.8) is 0 Å². The van der Waals surface area contributed by atoms with Crippen molar-refractivity contribution < 1.29 is 14.7 Å². The van der Waals surface area contributed by atoms with Gasteiger partial charge in [-0.2, -0.15) is 0 Å². The lowest BCUT2D eigenvalue weighted by Gasteiger charge is -2.25. The molecule has 4 heteroatoms. The molecule has 3 rings (SSSR count). The van der Waals surface area contributed by atoms with Gasteiger partial charge in [0, 0.05) is 13.1 Å². The van der Waals surface area contributed by atoms with Crippen LogP contribution in [0.3, 0.4) is 0 Å². The van der Waals surface area contributed by atoms with Crippen molar-refractivity contribution in [3.05, 3.63) is 35.9 Å². The van der Waals surface area contributed by atoms with Gasteiger partial charge >= 0.3 is 5.97 Å². The Morgan fingerprint density at radius 1 is 1.29 bits per heavy atom. The van der Waals surface area contributed by atoms with Gasteiger partial charge in [-0.1, -0.05) is 30.3 Å². The first-order valence-electron chi connectivity index (χ1n) is 7.58. The third kappa shape index (κ3) is 2.67. The molecule has 0 aromatic heterocycles. The molecule has 1 amide bonds. The standard InChI is InChI=1S/C17H21NO3/c1-17(16(20)21)9-10-18(11-17)15(19)14(13-7-8-13)12-5-3-2-4-6-12/h2-6,13-14H,7-11H2,1H3,(H,20,21). The van der Waals surface area contributed by atoms with E-state index >= 15 is 0 Å². The molecule has 0 radical (unpaired) electrons. The van der Waals surface area contributed by atoms with Gasteiger partial charge in [-0.15, -0.1) is 0 Å². The minimum absolute atomic E-state index is 0.0951. The molecule has 1 saturated heterocycles. The summed E-state index contributed by atoms with van der Waals surface area (Å²) in [5.41, 5.74) is 0.273. The summed E-state index contributed by atoms with van der Waals surface area (Å²) in [6.07, 6.45) is 2.73. The number of amides is 1. The number of carbonyl (C=O) groups excluding carboxylic acids is 1. The third-order valence-corrected chi connectivity index (χ3v) is 4.82. The molecule has 1 aromatic carbocycles. The zero-order valence-corrected chi connectivity index (χ0v) is 12.3. The Labute approximate surface area is 124 Å². The second kappa shape index (κ2) is 5.17. The molecule has 21 heavy (non-hydrogen) atoms. The van der Waals surface area contributed by atoms with Crippen LogP contribution in [0.25, 0.3) is 0 Å². The summed E-state index contributed by atoms with van der Waals surface area (Å²) in [5.74, 6) is -0.368. The van der Waals surface area contributed by atoms with E-state index in [0.717, 1.165) is 18.4 Å². The Morgan fingerprint density at radius 3 is 2.48 bits per heavy atom. The van der Waals surface area contributed by atoms with Crippen LogP contribution in [-0.4, -0.2) is 35.0 Å². The van der Waals surface area contributed by atoms with E-state index in [4.69, 9.17) is 0 Å². The number of likely N-dealkylation sites (tertiary alicyclic amines) is 1. The van der Waals surface area contributed by atoms with Crippen LogP contribution in [0.2, 0.25) is 0 Å². The molecule has 2 fully saturated rings. The van der Waals surface area contributed by atoms with Crippen LogP contribution in [0.4, 0.5) is 0 Å². The lowest BCUT2D eigenvalue weighted by Crippen LogP contribution is -2.37. The third-order valence-electron chi connectivity index (χ3n) is 4.82. The van der Waals surface area contributed by atoms with Crippen molar-refractivity contribution in [2.24, 2.45) is 11.3 Å². The van der Waals surface area contributed by atoms with Crippen LogP contribution < -0.4 is 0 Å². The van der Waals surface area contributed by atoms with Crippen molar-refractivity contribution in [2.75, 3.05) is 13.1 Å². The molecule has 1 aliphatic carbocycles. The van der Waals surface area contributed by atoms with Crippen LogP contribution in [0.15, 0.2) is 30.3 Å². The van der Waals surface area contributed by atoms with Gasteiger partial charge in [0.05, 0.1) is 11.3 Å². The van der Waals surface area contributed by atoms with E-state index < -0.39 is 11.4 Å². The molecule has 1 saturated carbocycles. The Morgan fingerprint density at radius 2 is 1.95 bits per heavy atom. The van der Waals surface area contributed by atoms with Gasteiger partial charge in [-0.05, 0) is 37.7 Å². The number of carbonyl (C=O) groups is 2. The van der Waals surface area contributed by atoms with Gasteiger partial charge in [0.25, 0.3) is 0 Å². The molecule has 4 nitrogen and oxygen atoms in total. The van der Waals surface area contributed by atoms with Crippen molar-refractivity contribution >= 4 is 11.9 Å². The van der Waals surface area contributed by atoms with E-state index in [9.17, 15) is 14.7 Å². The molecule has 2 atom stereocenters. The Bertz CT molecular complexity index is 552. The van der Waals surface area contributed by atoms with Gasteiger partial charge in [0.1, 0.15) is 0 Å². The van der Waals surface area contributed by atoms with Crippen LogP contribution in [-0.2, 0) is 9.59 Å². The largest absolute Gasteiger partial charge is 0.481 e. The number of rotatable bonds is 4. The lowest BCUT2D eigenvalue weighted by atomic mass is 9.90. The van der Waals surface area contributed by atoms with Crippen molar-refractivity contribution in [1.29, 1.82) is 0 Å². The van der Waals surface area contributed by atoms with Gasteiger partial charge in [-0.3, -0.25) is 9.59 Å². The summed E-state index contributed by atoms with van der Waals surface area (Å²) in [6.45, 7) is 2.62. The van der Waals surface area contributed by atoms with Crippen LogP contribution in [0.5, 0.6) is 0 Å². The molecule has 2 unspecified atom stereocenters. The van der Waals surface area contributed by atoms with Gasteiger partial charge < -0.3 is 10.0 Å². The summed E-state index contributed by atoms with van der Waals surface area (Å²) < 4.78 is 0. The second-order valence-electron chi connectivity index (χ2n) is 6.60. The Kier molecular flexibility index (Phi) is 3.47. The highest BCUT2D eigenvalue weighted by atomic mass is 16.4. The van der Waals surface area contributed by atoms with Crippen LogP contribution >= 0.6 is 0 Å². The minimum atomic E-state index is -0.805. The fourth-order valence-corrected chi connectivity index (χ4v) is 3.23. The monoisotopic (exact) mass is 287 g/mol. The summed E-state index contributed by atoms with van der Waals surface area (Å²) in [7, 11) is 0. The van der Waals surface area contributed by atoms with E-state index in [0.29, 0.717) is 25.4 Å². The first kappa shape index (κ1) is 14.1. The molecule has 0 spiro atoms. The molecule has 0 bridgehead atoms. The van der Waals surface area contributed by atoms with Gasteiger partial charge in [-0.25, -0.2) is 0 Å². The Balaban J connectivity index is 1.79. The molecule has 112 valence electrons. The first-order chi connectivity index (χ1) is 10.0. The summed E-state index contributed by atoms with van der Waals surface area (Å²) >= 11 is 0. The zero-order valence-electron chi connectivity index (χ0n) is 12.3. The number of aliphatic carboxylic acids is 1. The summed E-state index contributed by atoms with van der Waals surface area (Å²) in [6, 6.07) is 9.89. The molecular weight excluding hydrogens is 266 g/mol. The normalized spacial score (nSPS) is 26.6. The number of hydrogen-bond donors (Lipinski definition) is 1. The maximum Gasteiger partial charge on any atom is 0.311 e. The van der Waals surface area contributed by atoms with Crippen LogP contribution in [0.1, 0.15) is 37.7 Å². The van der Waals surface area contributed by atoms with Crippen molar-refractivity contribution in [2.45, 2.75) is 32.1 Å². The van der Waals surface area contributed by atoms with E-state index in [-0.39, 0.29) is 11.8 Å². The Hall–Kier alpha value is -1.84. The average Bonchev–Trinajstić information content (AvgIpc) is 3.21. The topological polar surface area (TPSA) is 57.6 Å². The number of benzene rings is 1. The van der Waals surface area contributed by atoms with E-state index in [1.807, 2.05) is 30.3 Å². The second-order valence-corrected chi connectivity index (χ2v) is 6.60. The molecular formula is C17H21NO3. The van der Waals surface area contributed by atoms with Crippen molar-refractivity contribution in [3.8, 4) is 0 Å². The van der Waals surface area contributed by atoms with E-state index in [1.165, 1.54) is 0 Å².